The van der Waals surface area contributed by atoms with Crippen molar-refractivity contribution in [3.05, 3.63) is 33.3 Å². The minimum atomic E-state index is -1.11. The normalized spacial score (nSPS) is 16.8. The fourth-order valence-corrected chi connectivity index (χ4v) is 2.48. The average Bonchev–Trinajstić information content (AvgIpc) is 2.26. The monoisotopic (exact) mass is 331 g/mol. The summed E-state index contributed by atoms with van der Waals surface area (Å²) in [6.45, 7) is 0. The maximum Gasteiger partial charge on any atom is 0.329 e. The Morgan fingerprint density at radius 1 is 1.39 bits per heavy atom. The minimum Gasteiger partial charge on any atom is -0.480 e. The van der Waals surface area contributed by atoms with Crippen molar-refractivity contribution in [2.45, 2.75) is 24.8 Å². The number of nitrogens with one attached hydrogen (secondary N) is 1. The Labute approximate surface area is 117 Å². The number of carbonyl (C=O) groups excluding carboxylic acids is 1. The van der Waals surface area contributed by atoms with Crippen molar-refractivity contribution in [2.24, 2.45) is 0 Å². The minimum absolute atomic E-state index is 0.343. The van der Waals surface area contributed by atoms with Gasteiger partial charge < -0.3 is 10.4 Å². The van der Waals surface area contributed by atoms with Crippen LogP contribution in [0.5, 0.6) is 0 Å². The van der Waals surface area contributed by atoms with Gasteiger partial charge >= 0.3 is 5.97 Å². The molecule has 6 heteroatoms. The standard InChI is InChI=1S/C12H11BrClNO3/c13-9-3-2-7(14)6-8(9)10(16)15-12(11(17)18)4-1-5-12/h2-3,6H,1,4-5H2,(H,15,16)(H,17,18). The zero-order valence-electron chi connectivity index (χ0n) is 9.37. The lowest BCUT2D eigenvalue weighted by Gasteiger charge is -2.38. The molecule has 0 radical (unpaired) electrons. The van der Waals surface area contributed by atoms with Gasteiger partial charge in [-0.15, -0.1) is 0 Å². The molecule has 0 unspecified atom stereocenters. The van der Waals surface area contributed by atoms with Crippen molar-refractivity contribution in [2.75, 3.05) is 0 Å². The van der Waals surface area contributed by atoms with Crippen LogP contribution < -0.4 is 5.32 Å². The quantitative estimate of drug-likeness (QED) is 0.894. The Hall–Kier alpha value is -1.07. The molecule has 0 atom stereocenters. The summed E-state index contributed by atoms with van der Waals surface area (Å²) >= 11 is 9.07. The number of hydrogen-bond donors (Lipinski definition) is 2. The number of amides is 1. The molecule has 96 valence electrons. The number of carbonyl (C=O) groups is 2. The van der Waals surface area contributed by atoms with E-state index in [2.05, 4.69) is 21.2 Å². The summed E-state index contributed by atoms with van der Waals surface area (Å²) in [7, 11) is 0. The molecule has 2 rings (SSSR count). The molecule has 0 aromatic heterocycles. The highest BCUT2D eigenvalue weighted by Crippen LogP contribution is 2.33. The first-order valence-corrected chi connectivity index (χ1v) is 6.63. The molecule has 0 spiro atoms. The molecular weight excluding hydrogens is 321 g/mol. The summed E-state index contributed by atoms with van der Waals surface area (Å²) in [5.74, 6) is -1.41. The molecule has 0 aliphatic heterocycles. The van der Waals surface area contributed by atoms with E-state index in [1.54, 1.807) is 12.1 Å². The number of rotatable bonds is 3. The van der Waals surface area contributed by atoms with Gasteiger partial charge in [0.15, 0.2) is 0 Å². The van der Waals surface area contributed by atoms with Gasteiger partial charge in [-0.3, -0.25) is 4.79 Å². The fourth-order valence-electron chi connectivity index (χ4n) is 1.88. The van der Waals surface area contributed by atoms with Crippen LogP contribution in [0.15, 0.2) is 22.7 Å². The Morgan fingerprint density at radius 3 is 2.56 bits per heavy atom. The first-order chi connectivity index (χ1) is 8.44. The van der Waals surface area contributed by atoms with Gasteiger partial charge in [0.05, 0.1) is 5.56 Å². The fraction of sp³-hybridized carbons (Fsp3) is 0.333. The highest BCUT2D eigenvalue weighted by Gasteiger charge is 2.45. The Bertz CT molecular complexity index is 514. The molecule has 1 aromatic carbocycles. The van der Waals surface area contributed by atoms with Crippen LogP contribution in [0.25, 0.3) is 0 Å². The van der Waals surface area contributed by atoms with Crippen LogP contribution in [-0.2, 0) is 4.79 Å². The summed E-state index contributed by atoms with van der Waals surface area (Å²) in [6, 6.07) is 4.82. The smallest absolute Gasteiger partial charge is 0.329 e. The van der Waals surface area contributed by atoms with Crippen LogP contribution >= 0.6 is 27.5 Å². The topological polar surface area (TPSA) is 66.4 Å². The highest BCUT2D eigenvalue weighted by molar-refractivity contribution is 9.10. The number of hydrogen-bond acceptors (Lipinski definition) is 2. The molecule has 1 fully saturated rings. The van der Waals surface area contributed by atoms with E-state index in [-0.39, 0.29) is 0 Å². The van der Waals surface area contributed by atoms with E-state index < -0.39 is 17.4 Å². The van der Waals surface area contributed by atoms with E-state index in [9.17, 15) is 9.59 Å². The van der Waals surface area contributed by atoms with Gasteiger partial charge in [-0.1, -0.05) is 11.6 Å². The molecule has 0 bridgehead atoms. The zero-order valence-corrected chi connectivity index (χ0v) is 11.7. The molecule has 4 nitrogen and oxygen atoms in total. The Kier molecular flexibility index (Phi) is 3.64. The second-order valence-electron chi connectivity index (χ2n) is 4.32. The largest absolute Gasteiger partial charge is 0.480 e. The van der Waals surface area contributed by atoms with Crippen molar-refractivity contribution in [1.82, 2.24) is 5.32 Å². The lowest BCUT2D eigenvalue weighted by atomic mass is 9.76. The summed E-state index contributed by atoms with van der Waals surface area (Å²) in [6.07, 6.45) is 1.74. The highest BCUT2D eigenvalue weighted by atomic mass is 79.9. The van der Waals surface area contributed by atoms with E-state index in [0.717, 1.165) is 6.42 Å². The van der Waals surface area contributed by atoms with Gasteiger partial charge in [0.1, 0.15) is 5.54 Å². The van der Waals surface area contributed by atoms with Gasteiger partial charge in [0, 0.05) is 9.50 Å². The third-order valence-corrected chi connectivity index (χ3v) is 4.07. The second-order valence-corrected chi connectivity index (χ2v) is 5.61. The number of benzene rings is 1. The molecule has 1 saturated carbocycles. The van der Waals surface area contributed by atoms with Gasteiger partial charge in [-0.05, 0) is 53.4 Å². The molecule has 18 heavy (non-hydrogen) atoms. The predicted octanol–water partition coefficient (Wildman–Crippen LogP) is 2.84. The zero-order chi connectivity index (χ0) is 13.3. The van der Waals surface area contributed by atoms with Gasteiger partial charge in [-0.2, -0.15) is 0 Å². The number of halogens is 2. The summed E-state index contributed by atoms with van der Waals surface area (Å²) in [4.78, 5) is 23.2. The lowest BCUT2D eigenvalue weighted by Crippen LogP contribution is -2.59. The van der Waals surface area contributed by atoms with Gasteiger partial charge in [0.2, 0.25) is 0 Å². The van der Waals surface area contributed by atoms with E-state index in [0.29, 0.717) is 27.9 Å². The Morgan fingerprint density at radius 2 is 2.06 bits per heavy atom. The molecule has 0 heterocycles. The SMILES string of the molecule is O=C(NC1(C(=O)O)CCC1)c1cc(Cl)ccc1Br. The maximum atomic E-state index is 12.1. The van der Waals surface area contributed by atoms with E-state index in [1.165, 1.54) is 6.07 Å². The first kappa shape index (κ1) is 13.4. The molecule has 1 aromatic rings. The third-order valence-electron chi connectivity index (χ3n) is 3.14. The molecule has 1 amide bonds. The first-order valence-electron chi connectivity index (χ1n) is 5.45. The Balaban J connectivity index is 2.22. The van der Waals surface area contributed by atoms with Crippen molar-refractivity contribution < 1.29 is 14.7 Å². The predicted molar refractivity (Wildman–Crippen MR) is 70.8 cm³/mol. The van der Waals surface area contributed by atoms with Gasteiger partial charge in [-0.25, -0.2) is 4.79 Å². The summed E-state index contributed by atoms with van der Waals surface area (Å²) in [5.41, 5.74) is -0.770. The second kappa shape index (κ2) is 4.90. The van der Waals surface area contributed by atoms with Crippen LogP contribution in [0.2, 0.25) is 5.02 Å². The third kappa shape index (κ3) is 2.37. The van der Waals surface area contributed by atoms with Gasteiger partial charge in [0.25, 0.3) is 5.91 Å². The van der Waals surface area contributed by atoms with Crippen LogP contribution in [0.3, 0.4) is 0 Å². The van der Waals surface area contributed by atoms with Crippen LogP contribution in [0.1, 0.15) is 29.6 Å². The van der Waals surface area contributed by atoms with Crippen molar-refractivity contribution in [3.63, 3.8) is 0 Å². The molecule has 1 aliphatic rings. The van der Waals surface area contributed by atoms with E-state index in [1.807, 2.05) is 0 Å². The molecular formula is C12H11BrClNO3. The van der Waals surface area contributed by atoms with Crippen molar-refractivity contribution >= 4 is 39.4 Å². The molecule has 2 N–H and O–H groups in total. The lowest BCUT2D eigenvalue weighted by molar-refractivity contribution is -0.148. The average molecular weight is 333 g/mol. The van der Waals surface area contributed by atoms with Crippen molar-refractivity contribution in [3.8, 4) is 0 Å². The number of carboxylic acids is 1. The number of carboxylic acid groups (broad SMARTS) is 1. The van der Waals surface area contributed by atoms with Crippen LogP contribution in [-0.4, -0.2) is 22.5 Å². The summed E-state index contributed by atoms with van der Waals surface area (Å²) < 4.78 is 0.587. The maximum absolute atomic E-state index is 12.1. The van der Waals surface area contributed by atoms with Crippen LogP contribution in [0.4, 0.5) is 0 Å². The molecule has 0 saturated heterocycles. The van der Waals surface area contributed by atoms with E-state index >= 15 is 0 Å². The summed E-state index contributed by atoms with van der Waals surface area (Å²) in [5, 5.41) is 12.2. The van der Waals surface area contributed by atoms with Crippen molar-refractivity contribution in [1.29, 1.82) is 0 Å². The number of aliphatic carboxylic acids is 1. The van der Waals surface area contributed by atoms with E-state index in [4.69, 9.17) is 16.7 Å². The molecule has 1 aliphatic carbocycles. The van der Waals surface area contributed by atoms with Crippen LogP contribution in [0, 0.1) is 0 Å².